The lowest BCUT2D eigenvalue weighted by Gasteiger charge is -2.43. The van der Waals surface area contributed by atoms with E-state index >= 15 is 0 Å². The Morgan fingerprint density at radius 1 is 1.46 bits per heavy atom. The summed E-state index contributed by atoms with van der Waals surface area (Å²) in [6, 6.07) is 0.453. The Hall–Kier alpha value is -0.220. The maximum Gasteiger partial charge on any atom is 0.104 e. The smallest absolute Gasteiger partial charge is 0.104 e. The maximum atomic E-state index is 5.69. The van der Waals surface area contributed by atoms with E-state index in [4.69, 9.17) is 5.73 Å². The molecule has 3 heterocycles. The van der Waals surface area contributed by atoms with Gasteiger partial charge >= 0.3 is 0 Å². The van der Waals surface area contributed by atoms with Crippen molar-refractivity contribution in [3.63, 3.8) is 0 Å². The van der Waals surface area contributed by atoms with Gasteiger partial charge in [-0.3, -0.25) is 4.99 Å². The zero-order valence-electron chi connectivity index (χ0n) is 7.82. The highest BCUT2D eigenvalue weighted by Gasteiger charge is 2.33. The van der Waals surface area contributed by atoms with Crippen molar-refractivity contribution in [1.82, 2.24) is 4.90 Å². The molecule has 3 rings (SSSR count). The van der Waals surface area contributed by atoms with Crippen LogP contribution in [-0.2, 0) is 0 Å². The van der Waals surface area contributed by atoms with E-state index in [1.807, 2.05) is 0 Å². The molecule has 0 radical (unpaired) electrons. The number of nitrogens with two attached hydrogens (primary N) is 1. The molecule has 1 atom stereocenters. The van der Waals surface area contributed by atoms with Gasteiger partial charge < -0.3 is 10.6 Å². The molecule has 13 heavy (non-hydrogen) atoms. The number of rotatable bonds is 2. The second kappa shape index (κ2) is 3.88. The molecule has 0 saturated carbocycles. The van der Waals surface area contributed by atoms with Crippen molar-refractivity contribution in [1.29, 1.82) is 0 Å². The third-order valence-electron chi connectivity index (χ3n) is 3.12. The monoisotopic (exact) mass is 199 g/mol. The van der Waals surface area contributed by atoms with Crippen LogP contribution in [0.1, 0.15) is 12.8 Å². The minimum Gasteiger partial charge on any atom is -0.387 e. The van der Waals surface area contributed by atoms with E-state index in [9.17, 15) is 0 Å². The molecule has 74 valence electrons. The lowest BCUT2D eigenvalue weighted by Crippen LogP contribution is -2.50. The standard InChI is InChI=1S/C9H17N3S/c10-9(6-13)11-8-5-12-3-1-7(8)2-4-12/h7-8,13H,1-6H2,(H2,10,11). The van der Waals surface area contributed by atoms with Crippen LogP contribution in [-0.4, -0.2) is 42.2 Å². The number of thiol groups is 1. The average molecular weight is 199 g/mol. The van der Waals surface area contributed by atoms with Crippen molar-refractivity contribution in [3.8, 4) is 0 Å². The van der Waals surface area contributed by atoms with Crippen molar-refractivity contribution in [2.75, 3.05) is 25.4 Å². The molecule has 1 unspecified atom stereocenters. The van der Waals surface area contributed by atoms with Crippen LogP contribution in [0.15, 0.2) is 4.99 Å². The Kier molecular flexibility index (Phi) is 2.79. The van der Waals surface area contributed by atoms with Gasteiger partial charge in [0.05, 0.1) is 6.04 Å². The van der Waals surface area contributed by atoms with E-state index < -0.39 is 0 Å². The Bertz CT molecular complexity index is 209. The molecule has 0 aliphatic carbocycles. The van der Waals surface area contributed by atoms with Crippen molar-refractivity contribution in [3.05, 3.63) is 0 Å². The summed E-state index contributed by atoms with van der Waals surface area (Å²) in [6.07, 6.45) is 2.60. The molecule has 2 N–H and O–H groups in total. The Morgan fingerprint density at radius 3 is 2.62 bits per heavy atom. The molecular formula is C9H17N3S. The zero-order chi connectivity index (χ0) is 9.26. The fourth-order valence-corrected chi connectivity index (χ4v) is 2.42. The predicted molar refractivity (Wildman–Crippen MR) is 58.4 cm³/mol. The van der Waals surface area contributed by atoms with E-state index in [0.717, 1.165) is 12.5 Å². The number of hydrogen-bond acceptors (Lipinski definition) is 3. The Morgan fingerprint density at radius 2 is 2.15 bits per heavy atom. The van der Waals surface area contributed by atoms with Gasteiger partial charge in [-0.25, -0.2) is 0 Å². The Labute approximate surface area is 84.8 Å². The first kappa shape index (κ1) is 9.34. The summed E-state index contributed by atoms with van der Waals surface area (Å²) in [6.45, 7) is 3.63. The quantitative estimate of drug-likeness (QED) is 0.383. The van der Waals surface area contributed by atoms with Crippen LogP contribution in [0.4, 0.5) is 0 Å². The fraction of sp³-hybridized carbons (Fsp3) is 0.889. The lowest BCUT2D eigenvalue weighted by atomic mass is 9.84. The third-order valence-corrected chi connectivity index (χ3v) is 3.44. The van der Waals surface area contributed by atoms with Gasteiger partial charge in [0, 0.05) is 12.3 Å². The summed E-state index contributed by atoms with van der Waals surface area (Å²) in [5.74, 6) is 2.06. The van der Waals surface area contributed by atoms with E-state index in [2.05, 4.69) is 22.5 Å². The lowest BCUT2D eigenvalue weighted by molar-refractivity contribution is 0.0905. The first-order valence-corrected chi connectivity index (χ1v) is 5.58. The van der Waals surface area contributed by atoms with E-state index in [0.29, 0.717) is 17.6 Å². The molecule has 4 heteroatoms. The predicted octanol–water partition coefficient (Wildman–Crippen LogP) is 0.368. The molecule has 0 aromatic carbocycles. The van der Waals surface area contributed by atoms with Gasteiger partial charge in [-0.1, -0.05) is 0 Å². The van der Waals surface area contributed by atoms with Crippen LogP contribution in [0.25, 0.3) is 0 Å². The van der Waals surface area contributed by atoms with E-state index in [-0.39, 0.29) is 0 Å². The number of amidine groups is 1. The van der Waals surface area contributed by atoms with Crippen LogP contribution in [0, 0.1) is 5.92 Å². The van der Waals surface area contributed by atoms with Crippen molar-refractivity contribution >= 4 is 18.5 Å². The van der Waals surface area contributed by atoms with Crippen molar-refractivity contribution in [2.45, 2.75) is 18.9 Å². The van der Waals surface area contributed by atoms with Gasteiger partial charge in [0.15, 0.2) is 0 Å². The number of nitrogens with zero attached hydrogens (tertiary/aromatic N) is 2. The molecular weight excluding hydrogens is 182 g/mol. The molecule has 2 bridgehead atoms. The van der Waals surface area contributed by atoms with Crippen LogP contribution in [0.3, 0.4) is 0 Å². The summed E-state index contributed by atoms with van der Waals surface area (Å²) in [5.41, 5.74) is 5.69. The highest BCUT2D eigenvalue weighted by molar-refractivity contribution is 7.81. The number of hydrogen-bond donors (Lipinski definition) is 2. The van der Waals surface area contributed by atoms with Gasteiger partial charge in [-0.15, -0.1) is 0 Å². The summed E-state index contributed by atoms with van der Waals surface area (Å²) in [5, 5.41) is 0. The van der Waals surface area contributed by atoms with Crippen LogP contribution in [0.5, 0.6) is 0 Å². The fourth-order valence-electron chi connectivity index (χ4n) is 2.33. The SMILES string of the molecule is NC(CS)=NC1CN2CCC1CC2. The first-order valence-electron chi connectivity index (χ1n) is 4.95. The van der Waals surface area contributed by atoms with Crippen LogP contribution >= 0.6 is 12.6 Å². The van der Waals surface area contributed by atoms with E-state index in [1.165, 1.54) is 25.9 Å². The minimum atomic E-state index is 0.453. The molecule has 0 aromatic rings. The second-order valence-corrected chi connectivity index (χ2v) is 4.30. The molecule has 0 amide bonds. The van der Waals surface area contributed by atoms with Crippen LogP contribution in [0.2, 0.25) is 0 Å². The zero-order valence-corrected chi connectivity index (χ0v) is 8.71. The summed E-state index contributed by atoms with van der Waals surface area (Å²) < 4.78 is 0. The normalized spacial score (nSPS) is 39.5. The topological polar surface area (TPSA) is 41.6 Å². The summed E-state index contributed by atoms with van der Waals surface area (Å²) in [7, 11) is 0. The average Bonchev–Trinajstić information content (AvgIpc) is 2.19. The van der Waals surface area contributed by atoms with E-state index in [1.54, 1.807) is 0 Å². The van der Waals surface area contributed by atoms with Gasteiger partial charge in [0.1, 0.15) is 5.84 Å². The molecule has 3 fully saturated rings. The molecule has 0 spiro atoms. The summed E-state index contributed by atoms with van der Waals surface area (Å²) in [4.78, 5) is 7.00. The van der Waals surface area contributed by atoms with Gasteiger partial charge in [-0.05, 0) is 31.8 Å². The molecule has 0 aromatic heterocycles. The van der Waals surface area contributed by atoms with Crippen molar-refractivity contribution < 1.29 is 0 Å². The Balaban J connectivity index is 2.01. The van der Waals surface area contributed by atoms with Gasteiger partial charge in [0.2, 0.25) is 0 Å². The largest absolute Gasteiger partial charge is 0.387 e. The summed E-state index contributed by atoms with van der Waals surface area (Å²) >= 11 is 4.12. The molecule has 3 nitrogen and oxygen atoms in total. The van der Waals surface area contributed by atoms with Crippen molar-refractivity contribution in [2.24, 2.45) is 16.6 Å². The number of aliphatic imine (C=N–C) groups is 1. The minimum absolute atomic E-state index is 0.453. The number of piperidine rings is 3. The molecule has 3 aliphatic heterocycles. The molecule has 3 aliphatic rings. The highest BCUT2D eigenvalue weighted by atomic mass is 32.1. The van der Waals surface area contributed by atoms with Gasteiger partial charge in [0.25, 0.3) is 0 Å². The number of fused-ring (bicyclic) bond motifs is 3. The third kappa shape index (κ3) is 1.99. The second-order valence-electron chi connectivity index (χ2n) is 3.98. The van der Waals surface area contributed by atoms with Crippen LogP contribution < -0.4 is 5.73 Å². The first-order chi connectivity index (χ1) is 6.29. The maximum absolute atomic E-state index is 5.69. The highest BCUT2D eigenvalue weighted by Crippen LogP contribution is 2.29. The molecule has 3 saturated heterocycles. The van der Waals surface area contributed by atoms with Gasteiger partial charge in [-0.2, -0.15) is 12.6 Å².